The molecular weight excluding hydrogens is 252 g/mol. The first-order valence-corrected chi connectivity index (χ1v) is 7.32. The Kier molecular flexibility index (Phi) is 4.88. The Morgan fingerprint density at radius 1 is 1.45 bits per heavy atom. The molecule has 0 aliphatic heterocycles. The highest BCUT2D eigenvalue weighted by Crippen LogP contribution is 2.28. The smallest absolute Gasteiger partial charge is 0.322 e. The number of urea groups is 1. The first-order valence-electron chi connectivity index (χ1n) is 7.32. The van der Waals surface area contributed by atoms with E-state index in [0.29, 0.717) is 12.0 Å². The molecule has 2 rings (SSSR count). The minimum Gasteiger partial charge on any atom is -0.497 e. The van der Waals surface area contributed by atoms with Gasteiger partial charge >= 0.3 is 6.03 Å². The molecular formula is C16H24N2O2. The Labute approximate surface area is 121 Å². The van der Waals surface area contributed by atoms with Gasteiger partial charge in [-0.2, -0.15) is 0 Å². The standard InChI is InChI=1S/C16H24N2O2/c1-12(2)9-10-18(14-7-8-14)16(19)17-13-5-4-6-15(11-13)20-3/h4-6,11-12,14H,7-10H2,1-3H3,(H,17,19). The monoisotopic (exact) mass is 276 g/mol. The Morgan fingerprint density at radius 3 is 2.80 bits per heavy atom. The van der Waals surface area contributed by atoms with Crippen LogP contribution >= 0.6 is 0 Å². The second kappa shape index (κ2) is 6.64. The molecule has 1 fully saturated rings. The van der Waals surface area contributed by atoms with E-state index in [4.69, 9.17) is 4.74 Å². The number of carbonyl (C=O) groups excluding carboxylic acids is 1. The molecule has 1 aliphatic rings. The molecule has 1 saturated carbocycles. The third-order valence-electron chi connectivity index (χ3n) is 3.52. The molecule has 20 heavy (non-hydrogen) atoms. The van der Waals surface area contributed by atoms with Crippen molar-refractivity contribution in [3.05, 3.63) is 24.3 Å². The summed E-state index contributed by atoms with van der Waals surface area (Å²) in [5.74, 6) is 1.36. The second-order valence-electron chi connectivity index (χ2n) is 5.77. The van der Waals surface area contributed by atoms with Gasteiger partial charge in [0.1, 0.15) is 5.75 Å². The molecule has 4 nitrogen and oxygen atoms in total. The predicted octanol–water partition coefficient (Wildman–Crippen LogP) is 3.74. The van der Waals surface area contributed by atoms with Crippen LogP contribution in [0.5, 0.6) is 5.75 Å². The third-order valence-corrected chi connectivity index (χ3v) is 3.52. The van der Waals surface area contributed by atoms with Crippen LogP contribution in [-0.2, 0) is 0 Å². The van der Waals surface area contributed by atoms with Gasteiger partial charge in [-0.05, 0) is 37.3 Å². The van der Waals surface area contributed by atoms with Gasteiger partial charge in [0.05, 0.1) is 7.11 Å². The van der Waals surface area contributed by atoms with Crippen molar-refractivity contribution in [3.63, 3.8) is 0 Å². The van der Waals surface area contributed by atoms with E-state index >= 15 is 0 Å². The van der Waals surface area contributed by atoms with Gasteiger partial charge in [0.15, 0.2) is 0 Å². The van der Waals surface area contributed by atoms with Crippen molar-refractivity contribution in [3.8, 4) is 5.75 Å². The summed E-state index contributed by atoms with van der Waals surface area (Å²) in [5.41, 5.74) is 0.782. The molecule has 0 atom stereocenters. The average Bonchev–Trinajstić information content (AvgIpc) is 3.23. The quantitative estimate of drug-likeness (QED) is 0.860. The lowest BCUT2D eigenvalue weighted by Gasteiger charge is -2.23. The molecule has 0 aromatic heterocycles. The summed E-state index contributed by atoms with van der Waals surface area (Å²) in [5, 5.41) is 2.97. The second-order valence-corrected chi connectivity index (χ2v) is 5.77. The number of benzene rings is 1. The van der Waals surface area contributed by atoms with Crippen LogP contribution in [0.15, 0.2) is 24.3 Å². The highest BCUT2D eigenvalue weighted by Gasteiger charge is 2.32. The van der Waals surface area contributed by atoms with E-state index in [1.165, 1.54) is 0 Å². The van der Waals surface area contributed by atoms with Gasteiger partial charge in [-0.15, -0.1) is 0 Å². The molecule has 110 valence electrons. The summed E-state index contributed by atoms with van der Waals surface area (Å²) < 4.78 is 5.17. The van der Waals surface area contributed by atoms with Crippen LogP contribution in [-0.4, -0.2) is 30.6 Å². The van der Waals surface area contributed by atoms with Gasteiger partial charge in [-0.25, -0.2) is 4.79 Å². The number of amides is 2. The maximum absolute atomic E-state index is 12.4. The Hall–Kier alpha value is -1.71. The summed E-state index contributed by atoms with van der Waals surface area (Å²) in [6.45, 7) is 5.20. The Balaban J connectivity index is 1.96. The lowest BCUT2D eigenvalue weighted by atomic mass is 10.1. The zero-order valence-corrected chi connectivity index (χ0v) is 12.6. The summed E-state index contributed by atoms with van der Waals surface area (Å²) in [4.78, 5) is 14.4. The van der Waals surface area contributed by atoms with Crippen molar-refractivity contribution in [2.24, 2.45) is 5.92 Å². The molecule has 4 heteroatoms. The van der Waals surface area contributed by atoms with E-state index in [1.807, 2.05) is 29.2 Å². The molecule has 0 unspecified atom stereocenters. The maximum atomic E-state index is 12.4. The van der Waals surface area contributed by atoms with Crippen molar-refractivity contribution >= 4 is 11.7 Å². The van der Waals surface area contributed by atoms with Crippen molar-refractivity contribution in [2.75, 3.05) is 19.0 Å². The maximum Gasteiger partial charge on any atom is 0.322 e. The van der Waals surface area contributed by atoms with Gasteiger partial charge in [0.2, 0.25) is 0 Å². The van der Waals surface area contributed by atoms with Gasteiger partial charge in [-0.1, -0.05) is 19.9 Å². The fraction of sp³-hybridized carbons (Fsp3) is 0.562. The minimum absolute atomic E-state index is 0.00130. The summed E-state index contributed by atoms with van der Waals surface area (Å²) in [6, 6.07) is 7.90. The summed E-state index contributed by atoms with van der Waals surface area (Å²) >= 11 is 0. The normalized spacial score (nSPS) is 14.2. The van der Waals surface area contributed by atoms with Crippen molar-refractivity contribution < 1.29 is 9.53 Å². The van der Waals surface area contributed by atoms with Crippen LogP contribution in [0, 0.1) is 5.92 Å². The van der Waals surface area contributed by atoms with E-state index in [9.17, 15) is 4.79 Å². The van der Waals surface area contributed by atoms with Crippen LogP contribution in [0.4, 0.5) is 10.5 Å². The zero-order valence-electron chi connectivity index (χ0n) is 12.6. The van der Waals surface area contributed by atoms with Crippen molar-refractivity contribution in [1.82, 2.24) is 4.90 Å². The lowest BCUT2D eigenvalue weighted by Crippen LogP contribution is -2.37. The highest BCUT2D eigenvalue weighted by molar-refractivity contribution is 5.90. The average molecular weight is 276 g/mol. The topological polar surface area (TPSA) is 41.6 Å². The minimum atomic E-state index is 0.00130. The fourth-order valence-electron chi connectivity index (χ4n) is 2.13. The van der Waals surface area contributed by atoms with Crippen molar-refractivity contribution in [1.29, 1.82) is 0 Å². The Bertz CT molecular complexity index is 456. The Morgan fingerprint density at radius 2 is 2.20 bits per heavy atom. The largest absolute Gasteiger partial charge is 0.497 e. The number of methoxy groups -OCH3 is 1. The van der Waals surface area contributed by atoms with Crippen LogP contribution in [0.25, 0.3) is 0 Å². The fourth-order valence-corrected chi connectivity index (χ4v) is 2.13. The number of hydrogen-bond acceptors (Lipinski definition) is 2. The van der Waals surface area contributed by atoms with Crippen LogP contribution in [0.2, 0.25) is 0 Å². The van der Waals surface area contributed by atoms with Crippen LogP contribution in [0.1, 0.15) is 33.1 Å². The van der Waals surface area contributed by atoms with E-state index < -0.39 is 0 Å². The molecule has 0 bridgehead atoms. The first kappa shape index (κ1) is 14.7. The number of ether oxygens (including phenoxy) is 1. The van der Waals surface area contributed by atoms with E-state index in [1.54, 1.807) is 7.11 Å². The van der Waals surface area contributed by atoms with E-state index in [2.05, 4.69) is 19.2 Å². The summed E-state index contributed by atoms with van der Waals surface area (Å²) in [6.07, 6.45) is 3.30. The SMILES string of the molecule is COc1cccc(NC(=O)N(CCC(C)C)C2CC2)c1. The van der Waals surface area contributed by atoms with Gasteiger partial charge in [0.25, 0.3) is 0 Å². The number of carbonyl (C=O) groups is 1. The molecule has 1 aliphatic carbocycles. The van der Waals surface area contributed by atoms with Crippen LogP contribution < -0.4 is 10.1 Å². The first-order chi connectivity index (χ1) is 9.60. The molecule has 0 radical (unpaired) electrons. The van der Waals surface area contributed by atoms with Gasteiger partial charge in [0, 0.05) is 24.3 Å². The molecule has 0 saturated heterocycles. The number of anilines is 1. The number of nitrogens with zero attached hydrogens (tertiary/aromatic N) is 1. The van der Waals surface area contributed by atoms with E-state index in [0.717, 1.165) is 37.2 Å². The van der Waals surface area contributed by atoms with Gasteiger partial charge in [-0.3, -0.25) is 0 Å². The third kappa shape index (κ3) is 4.15. The molecule has 1 aromatic carbocycles. The molecule has 0 heterocycles. The highest BCUT2D eigenvalue weighted by atomic mass is 16.5. The van der Waals surface area contributed by atoms with E-state index in [-0.39, 0.29) is 6.03 Å². The molecule has 1 aromatic rings. The van der Waals surface area contributed by atoms with Crippen LogP contribution in [0.3, 0.4) is 0 Å². The number of nitrogens with one attached hydrogen (secondary N) is 1. The molecule has 1 N–H and O–H groups in total. The van der Waals surface area contributed by atoms with Crippen molar-refractivity contribution in [2.45, 2.75) is 39.2 Å². The molecule has 2 amide bonds. The number of rotatable bonds is 6. The van der Waals surface area contributed by atoms with Gasteiger partial charge < -0.3 is 15.0 Å². The lowest BCUT2D eigenvalue weighted by molar-refractivity contribution is 0.205. The number of hydrogen-bond donors (Lipinski definition) is 1. The molecule has 0 spiro atoms. The predicted molar refractivity (Wildman–Crippen MR) is 81.2 cm³/mol. The zero-order chi connectivity index (χ0) is 14.5. The summed E-state index contributed by atoms with van der Waals surface area (Å²) in [7, 11) is 1.63.